The number of pyridine rings is 1. The summed E-state index contributed by atoms with van der Waals surface area (Å²) in [7, 11) is 0. The van der Waals surface area contributed by atoms with Crippen LogP contribution in [0.4, 0.5) is 18.3 Å². The van der Waals surface area contributed by atoms with Crippen LogP contribution >= 0.6 is 22.9 Å². The summed E-state index contributed by atoms with van der Waals surface area (Å²) < 4.78 is 39.5. The average molecular weight is 361 g/mol. The number of hydrogen-bond donors (Lipinski definition) is 1. The number of carbonyl (C=O) groups is 1. The number of fused-ring (bicyclic) bond motifs is 1. The molecule has 3 rings (SSSR count). The summed E-state index contributed by atoms with van der Waals surface area (Å²) in [4.78, 5) is 19.9. The molecule has 23 heavy (non-hydrogen) atoms. The minimum Gasteiger partial charge on any atom is -0.305 e. The number of imidazole rings is 1. The van der Waals surface area contributed by atoms with Crippen molar-refractivity contribution < 1.29 is 18.0 Å². The third-order valence-electron chi connectivity index (χ3n) is 2.90. The Balaban J connectivity index is 1.85. The van der Waals surface area contributed by atoms with E-state index < -0.39 is 11.7 Å². The van der Waals surface area contributed by atoms with E-state index in [0.717, 1.165) is 16.7 Å². The first-order chi connectivity index (χ1) is 10.8. The van der Waals surface area contributed by atoms with Gasteiger partial charge in [0, 0.05) is 24.0 Å². The van der Waals surface area contributed by atoms with Crippen LogP contribution in [-0.4, -0.2) is 20.3 Å². The number of alkyl halides is 3. The lowest BCUT2D eigenvalue weighted by atomic mass is 10.3. The summed E-state index contributed by atoms with van der Waals surface area (Å²) in [6.07, 6.45) is -0.832. The van der Waals surface area contributed by atoms with Gasteiger partial charge in [-0.25, -0.2) is 9.97 Å². The van der Waals surface area contributed by atoms with E-state index in [1.165, 1.54) is 17.5 Å². The van der Waals surface area contributed by atoms with E-state index in [-0.39, 0.29) is 23.0 Å². The van der Waals surface area contributed by atoms with Crippen molar-refractivity contribution >= 4 is 39.6 Å². The summed E-state index contributed by atoms with van der Waals surface area (Å²) in [5.74, 6) is -0.365. The predicted molar refractivity (Wildman–Crippen MR) is 79.7 cm³/mol. The van der Waals surface area contributed by atoms with Gasteiger partial charge in [-0.1, -0.05) is 11.6 Å². The average Bonchev–Trinajstić information content (AvgIpc) is 3.06. The molecule has 0 bridgehead atoms. The van der Waals surface area contributed by atoms with E-state index in [2.05, 4.69) is 15.3 Å². The first-order valence-electron chi connectivity index (χ1n) is 6.26. The lowest BCUT2D eigenvalue weighted by Gasteiger charge is -2.07. The maximum Gasteiger partial charge on any atom is 0.417 e. The predicted octanol–water partition coefficient (Wildman–Crippen LogP) is 3.64. The molecule has 0 atom stereocenters. The van der Waals surface area contributed by atoms with Gasteiger partial charge in [-0.15, -0.1) is 11.3 Å². The largest absolute Gasteiger partial charge is 0.417 e. The third-order valence-corrected chi connectivity index (χ3v) is 3.87. The van der Waals surface area contributed by atoms with Crippen molar-refractivity contribution in [1.29, 1.82) is 0 Å². The lowest BCUT2D eigenvalue weighted by molar-refractivity contribution is -0.137. The highest BCUT2D eigenvalue weighted by molar-refractivity contribution is 7.13. The van der Waals surface area contributed by atoms with Crippen LogP contribution in [0.5, 0.6) is 0 Å². The van der Waals surface area contributed by atoms with Gasteiger partial charge >= 0.3 is 6.18 Å². The Bertz CT molecular complexity index is 860. The van der Waals surface area contributed by atoms with Gasteiger partial charge in [0.15, 0.2) is 10.8 Å². The minimum atomic E-state index is -4.51. The molecular weight excluding hydrogens is 353 g/mol. The van der Waals surface area contributed by atoms with Crippen molar-refractivity contribution in [1.82, 2.24) is 14.4 Å². The number of hydrogen-bond acceptors (Lipinski definition) is 4. The monoisotopic (exact) mass is 360 g/mol. The highest BCUT2D eigenvalue weighted by atomic mass is 35.5. The molecule has 3 heterocycles. The van der Waals surface area contributed by atoms with Crippen LogP contribution in [-0.2, 0) is 17.4 Å². The fourth-order valence-electron chi connectivity index (χ4n) is 1.96. The van der Waals surface area contributed by atoms with Crippen LogP contribution in [0.3, 0.4) is 0 Å². The second-order valence-electron chi connectivity index (χ2n) is 4.60. The van der Waals surface area contributed by atoms with Crippen LogP contribution in [0.25, 0.3) is 5.65 Å². The summed E-state index contributed by atoms with van der Waals surface area (Å²) in [6.45, 7) is 0. The maximum atomic E-state index is 12.8. The Morgan fingerprint density at radius 1 is 1.39 bits per heavy atom. The van der Waals surface area contributed by atoms with Crippen LogP contribution in [0.2, 0.25) is 5.02 Å². The molecule has 0 aromatic carbocycles. The van der Waals surface area contributed by atoms with Crippen LogP contribution < -0.4 is 5.32 Å². The SMILES string of the molecule is O=C(Cc1cn2cc(C(F)(F)F)cc(Cl)c2n1)Nc1nccs1. The molecule has 1 amide bonds. The number of thiazole rings is 1. The van der Waals surface area contributed by atoms with E-state index in [0.29, 0.717) is 10.8 Å². The van der Waals surface area contributed by atoms with Gasteiger partial charge in [0.25, 0.3) is 0 Å². The summed E-state index contributed by atoms with van der Waals surface area (Å²) in [5, 5.41) is 4.59. The molecule has 3 aromatic heterocycles. The molecule has 0 aliphatic carbocycles. The molecule has 0 spiro atoms. The van der Waals surface area contributed by atoms with Gasteiger partial charge in [0.1, 0.15) is 0 Å². The number of carbonyl (C=O) groups excluding carboxylic acids is 1. The zero-order valence-corrected chi connectivity index (χ0v) is 12.8. The van der Waals surface area contributed by atoms with E-state index in [1.807, 2.05) is 0 Å². The second kappa shape index (κ2) is 5.82. The van der Waals surface area contributed by atoms with E-state index in [4.69, 9.17) is 11.6 Å². The number of nitrogens with one attached hydrogen (secondary N) is 1. The Morgan fingerprint density at radius 2 is 2.17 bits per heavy atom. The van der Waals surface area contributed by atoms with Gasteiger partial charge in [0.2, 0.25) is 5.91 Å². The first kappa shape index (κ1) is 15.8. The zero-order valence-electron chi connectivity index (χ0n) is 11.3. The Morgan fingerprint density at radius 3 is 2.83 bits per heavy atom. The van der Waals surface area contributed by atoms with Gasteiger partial charge < -0.3 is 9.72 Å². The molecule has 10 heteroatoms. The lowest BCUT2D eigenvalue weighted by Crippen LogP contribution is -2.14. The molecule has 0 radical (unpaired) electrons. The standard InChI is InChI=1S/C13H8ClF3N4OS/c14-9-3-7(13(15,16)17)5-21-6-8(19-11(9)21)4-10(22)20-12-18-1-2-23-12/h1-3,5-6H,4H2,(H,18,20,22). The molecular formula is C13H8ClF3N4OS. The number of amides is 1. The van der Waals surface area contributed by atoms with Crippen LogP contribution in [0, 0.1) is 0 Å². The number of anilines is 1. The molecule has 3 aromatic rings. The molecule has 0 aliphatic heterocycles. The summed E-state index contributed by atoms with van der Waals surface area (Å²) in [5.41, 5.74) is -0.414. The number of aromatic nitrogens is 3. The normalized spacial score (nSPS) is 11.8. The zero-order chi connectivity index (χ0) is 16.6. The van der Waals surface area contributed by atoms with Gasteiger partial charge in [0.05, 0.1) is 22.7 Å². The van der Waals surface area contributed by atoms with Crippen molar-refractivity contribution in [2.24, 2.45) is 0 Å². The minimum absolute atomic E-state index is 0.0983. The molecule has 1 N–H and O–H groups in total. The summed E-state index contributed by atoms with van der Waals surface area (Å²) in [6, 6.07) is 0.809. The number of halogens is 4. The highest BCUT2D eigenvalue weighted by Gasteiger charge is 2.31. The number of rotatable bonds is 3. The van der Waals surface area contributed by atoms with E-state index >= 15 is 0 Å². The van der Waals surface area contributed by atoms with Crippen molar-refractivity contribution in [3.05, 3.63) is 46.3 Å². The molecule has 0 unspecified atom stereocenters. The smallest absolute Gasteiger partial charge is 0.305 e. The molecule has 0 fully saturated rings. The summed E-state index contributed by atoms with van der Waals surface area (Å²) >= 11 is 7.10. The fourth-order valence-corrected chi connectivity index (χ4v) is 2.76. The molecule has 0 saturated heterocycles. The van der Waals surface area contributed by atoms with Crippen molar-refractivity contribution in [3.63, 3.8) is 0 Å². The Hall–Kier alpha value is -2.13. The second-order valence-corrected chi connectivity index (χ2v) is 5.90. The first-order valence-corrected chi connectivity index (χ1v) is 7.52. The topological polar surface area (TPSA) is 59.3 Å². The third kappa shape index (κ3) is 3.45. The van der Waals surface area contributed by atoms with E-state index in [1.54, 1.807) is 11.6 Å². The van der Waals surface area contributed by atoms with Gasteiger partial charge in [-0.05, 0) is 6.07 Å². The van der Waals surface area contributed by atoms with Crippen molar-refractivity contribution in [2.45, 2.75) is 12.6 Å². The Kier molecular flexibility index (Phi) is 3.99. The molecule has 5 nitrogen and oxygen atoms in total. The fraction of sp³-hybridized carbons (Fsp3) is 0.154. The van der Waals surface area contributed by atoms with Crippen LogP contribution in [0.1, 0.15) is 11.3 Å². The van der Waals surface area contributed by atoms with Crippen molar-refractivity contribution in [3.8, 4) is 0 Å². The highest BCUT2D eigenvalue weighted by Crippen LogP contribution is 2.32. The maximum absolute atomic E-state index is 12.8. The van der Waals surface area contributed by atoms with E-state index in [9.17, 15) is 18.0 Å². The molecule has 0 saturated carbocycles. The van der Waals surface area contributed by atoms with Gasteiger partial charge in [-0.2, -0.15) is 13.2 Å². The van der Waals surface area contributed by atoms with Crippen molar-refractivity contribution in [2.75, 3.05) is 5.32 Å². The van der Waals surface area contributed by atoms with Gasteiger partial charge in [-0.3, -0.25) is 4.79 Å². The molecule has 0 aliphatic rings. The quantitative estimate of drug-likeness (QED) is 0.775. The number of nitrogens with zero attached hydrogens (tertiary/aromatic N) is 3. The van der Waals surface area contributed by atoms with Crippen LogP contribution in [0.15, 0.2) is 30.0 Å². The Labute approximate surface area is 136 Å². The molecule has 120 valence electrons.